The molecule has 0 fully saturated rings. The van der Waals surface area contributed by atoms with E-state index in [9.17, 15) is 4.79 Å². The van der Waals surface area contributed by atoms with Crippen LogP contribution in [0.1, 0.15) is 167 Å². The van der Waals surface area contributed by atoms with Crippen molar-refractivity contribution in [2.45, 2.75) is 173 Å². The molecule has 1 rings (SSSR count). The molecule has 0 heterocycles. The maximum atomic E-state index is 12.0. The van der Waals surface area contributed by atoms with E-state index in [1.165, 1.54) is 57.8 Å². The van der Waals surface area contributed by atoms with E-state index in [1.54, 1.807) is 0 Å². The molecule has 1 aliphatic carbocycles. The van der Waals surface area contributed by atoms with Crippen LogP contribution in [0, 0.1) is 23.7 Å². The second-order valence-corrected chi connectivity index (χ2v) is 12.1. The van der Waals surface area contributed by atoms with Crippen LogP contribution in [0.2, 0.25) is 6.32 Å². The number of aliphatic hydroxyl groups is 1. The Labute approximate surface area is 290 Å². The number of unbranched alkanes of at least 4 members (excludes halogenated alkanes) is 4. The highest BCUT2D eigenvalue weighted by Crippen LogP contribution is 2.32. The monoisotopic (exact) mass is 653 g/mol. The topological polar surface area (TPSA) is 65.0 Å². The Hall–Kier alpha value is -1.27. The molecule has 5 nitrogen and oxygen atoms in total. The van der Waals surface area contributed by atoms with Gasteiger partial charge in [-0.3, -0.25) is 4.79 Å². The lowest BCUT2D eigenvalue weighted by Crippen LogP contribution is -2.23. The molecule has 4 unspecified atom stereocenters. The zero-order valence-electron chi connectivity index (χ0n) is 30.5. The van der Waals surface area contributed by atoms with Crippen molar-refractivity contribution in [3.8, 4) is 0 Å². The standard InChI is InChI=1S/C32H58O4.C4H9BO.C2H6.2CH4/c1-7-13-16-26(10-4)22-34-25-30-20-32(36-24-28(12-6)18-15-9-3)31(19-29(30)21-33)35-23-27(11-5)17-14-8-2;5-3-1-2-4-6;1-2;;/h19,21,26-28,30H,7-18,20,22-25H2,1-6H3;6H,1-4H2;1-2H3;2*1H4. The largest absolute Gasteiger partial charge is 0.494 e. The Bertz CT molecular complexity index is 689. The predicted molar refractivity (Wildman–Crippen MR) is 204 cm³/mol. The van der Waals surface area contributed by atoms with E-state index in [4.69, 9.17) is 27.2 Å². The number of allylic oxidation sites excluding steroid dienone is 2. The third-order valence-corrected chi connectivity index (χ3v) is 8.49. The highest BCUT2D eigenvalue weighted by atomic mass is 16.5. The summed E-state index contributed by atoms with van der Waals surface area (Å²) in [6.45, 7) is 20.5. The Morgan fingerprint density at radius 3 is 1.65 bits per heavy atom. The minimum absolute atomic E-state index is 0. The summed E-state index contributed by atoms with van der Waals surface area (Å²) in [4.78, 5) is 12.0. The summed E-state index contributed by atoms with van der Waals surface area (Å²) in [7, 11) is 5.10. The van der Waals surface area contributed by atoms with E-state index in [-0.39, 0.29) is 27.4 Å². The summed E-state index contributed by atoms with van der Waals surface area (Å²) < 4.78 is 19.0. The van der Waals surface area contributed by atoms with Gasteiger partial charge in [0, 0.05) is 31.1 Å². The van der Waals surface area contributed by atoms with E-state index in [1.807, 2.05) is 19.9 Å². The third-order valence-electron chi connectivity index (χ3n) is 8.49. The highest BCUT2D eigenvalue weighted by Gasteiger charge is 2.27. The molecule has 0 aromatic heterocycles. The van der Waals surface area contributed by atoms with Crippen molar-refractivity contribution in [1.82, 2.24) is 0 Å². The van der Waals surface area contributed by atoms with Crippen LogP contribution in [0.4, 0.5) is 0 Å². The minimum atomic E-state index is 0. The summed E-state index contributed by atoms with van der Waals surface area (Å²) in [5.41, 5.74) is 0.776. The van der Waals surface area contributed by atoms with Gasteiger partial charge in [-0.05, 0) is 49.5 Å². The molecular weight excluding hydrogens is 571 g/mol. The maximum absolute atomic E-state index is 12.0. The number of aliphatic hydroxyl groups excluding tert-OH is 1. The van der Waals surface area contributed by atoms with Crippen LogP contribution in [0.5, 0.6) is 0 Å². The minimum Gasteiger partial charge on any atom is -0.494 e. The first-order valence-corrected chi connectivity index (χ1v) is 18.5. The van der Waals surface area contributed by atoms with Crippen molar-refractivity contribution in [1.29, 1.82) is 0 Å². The van der Waals surface area contributed by atoms with Gasteiger partial charge in [-0.2, -0.15) is 0 Å². The van der Waals surface area contributed by atoms with Gasteiger partial charge in [-0.15, -0.1) is 0 Å². The molecule has 0 saturated carbocycles. The lowest BCUT2D eigenvalue weighted by Gasteiger charge is -2.28. The molecule has 0 aromatic carbocycles. The summed E-state index contributed by atoms with van der Waals surface area (Å²) in [5, 5.41) is 8.14. The first-order valence-electron chi connectivity index (χ1n) is 18.5. The Morgan fingerprint density at radius 1 is 0.783 bits per heavy atom. The number of rotatable bonds is 26. The second-order valence-electron chi connectivity index (χ2n) is 12.1. The molecule has 0 amide bonds. The van der Waals surface area contributed by atoms with Crippen LogP contribution >= 0.6 is 0 Å². The van der Waals surface area contributed by atoms with Crippen molar-refractivity contribution >= 4 is 14.1 Å². The number of carbonyl (C=O) groups is 1. The molecule has 0 aromatic rings. The quantitative estimate of drug-likeness (QED) is 0.0572. The van der Waals surface area contributed by atoms with Crippen LogP contribution in [0.25, 0.3) is 0 Å². The van der Waals surface area contributed by atoms with E-state index >= 15 is 0 Å². The van der Waals surface area contributed by atoms with E-state index in [0.717, 1.165) is 68.7 Å². The molecule has 0 aliphatic heterocycles. The lowest BCUT2D eigenvalue weighted by atomic mass is 9.90. The number of hydrogen-bond acceptors (Lipinski definition) is 5. The molecule has 6 heteroatoms. The third kappa shape index (κ3) is 25.8. The number of carbonyl (C=O) groups excluding carboxylic acids is 1. The van der Waals surface area contributed by atoms with Gasteiger partial charge in [-0.25, -0.2) is 0 Å². The van der Waals surface area contributed by atoms with Gasteiger partial charge in [0.15, 0.2) is 5.76 Å². The summed E-state index contributed by atoms with van der Waals surface area (Å²) in [6, 6.07) is 0. The average Bonchev–Trinajstić information content (AvgIpc) is 3.07. The maximum Gasteiger partial charge on any atom is 0.157 e. The van der Waals surface area contributed by atoms with E-state index in [0.29, 0.717) is 43.7 Å². The van der Waals surface area contributed by atoms with Crippen LogP contribution in [-0.4, -0.2) is 52.3 Å². The number of aldehydes is 1. The van der Waals surface area contributed by atoms with Crippen LogP contribution < -0.4 is 0 Å². The fourth-order valence-corrected chi connectivity index (χ4v) is 5.08. The van der Waals surface area contributed by atoms with Gasteiger partial charge in [-0.1, -0.05) is 141 Å². The smallest absolute Gasteiger partial charge is 0.157 e. The van der Waals surface area contributed by atoms with Crippen molar-refractivity contribution in [2.24, 2.45) is 23.7 Å². The van der Waals surface area contributed by atoms with Gasteiger partial charge in [0.1, 0.15) is 12.0 Å². The van der Waals surface area contributed by atoms with Crippen molar-refractivity contribution in [3.63, 3.8) is 0 Å². The number of ether oxygens (including phenoxy) is 3. The molecule has 0 bridgehead atoms. The summed E-state index contributed by atoms with van der Waals surface area (Å²) in [6.07, 6.45) is 20.4. The highest BCUT2D eigenvalue weighted by molar-refractivity contribution is 6.08. The Kier molecular flexibility index (Phi) is 42.8. The van der Waals surface area contributed by atoms with Crippen molar-refractivity contribution in [2.75, 3.05) is 33.0 Å². The molecule has 2 radical (unpaired) electrons. The van der Waals surface area contributed by atoms with E-state index < -0.39 is 0 Å². The van der Waals surface area contributed by atoms with Gasteiger partial charge in [0.25, 0.3) is 0 Å². The van der Waals surface area contributed by atoms with Crippen LogP contribution in [0.15, 0.2) is 23.2 Å². The fraction of sp³-hybridized carbons (Fsp3) is 0.875. The fourth-order valence-electron chi connectivity index (χ4n) is 5.08. The van der Waals surface area contributed by atoms with Crippen LogP contribution in [0.3, 0.4) is 0 Å². The van der Waals surface area contributed by atoms with Gasteiger partial charge >= 0.3 is 0 Å². The first-order chi connectivity index (χ1) is 21.5. The zero-order valence-corrected chi connectivity index (χ0v) is 30.5. The molecule has 46 heavy (non-hydrogen) atoms. The molecule has 0 spiro atoms. The first kappa shape index (κ1) is 51.6. The predicted octanol–water partition coefficient (Wildman–Crippen LogP) is 11.7. The van der Waals surface area contributed by atoms with Gasteiger partial charge in [0.2, 0.25) is 0 Å². The molecule has 0 saturated heterocycles. The number of hydrogen-bond donors (Lipinski definition) is 1. The second kappa shape index (κ2) is 38.2. The average molecular weight is 653 g/mol. The Balaban J connectivity index is -0.000000787. The Morgan fingerprint density at radius 2 is 1.26 bits per heavy atom. The molecular formula is C40H81BO5. The van der Waals surface area contributed by atoms with Gasteiger partial charge < -0.3 is 19.3 Å². The van der Waals surface area contributed by atoms with E-state index in [2.05, 4.69) is 41.5 Å². The summed E-state index contributed by atoms with van der Waals surface area (Å²) in [5.74, 6) is 3.40. The zero-order chi connectivity index (χ0) is 33.4. The summed E-state index contributed by atoms with van der Waals surface area (Å²) >= 11 is 0. The van der Waals surface area contributed by atoms with Gasteiger partial charge in [0.05, 0.1) is 27.7 Å². The van der Waals surface area contributed by atoms with Crippen molar-refractivity contribution < 1.29 is 24.1 Å². The normalized spacial score (nSPS) is 15.8. The molecule has 4 atom stereocenters. The molecule has 1 aliphatic rings. The van der Waals surface area contributed by atoms with Crippen LogP contribution in [-0.2, 0) is 19.0 Å². The molecule has 274 valence electrons. The molecule has 1 N–H and O–H groups in total. The van der Waals surface area contributed by atoms with Crippen molar-refractivity contribution in [3.05, 3.63) is 23.2 Å². The SMILES string of the molecule is C.C.CC.CCCCC(CC)COCC1CC(OCC(CC)CCCC)=C(OCC(CC)CCCC)C=C1C=O.[B]CCCCO. The lowest BCUT2D eigenvalue weighted by molar-refractivity contribution is -0.105.